The average molecular weight is 283 g/mol. The maximum atomic E-state index is 11.9. The highest BCUT2D eigenvalue weighted by Gasteiger charge is 2.06. The lowest BCUT2D eigenvalue weighted by Crippen LogP contribution is -2.17. The van der Waals surface area contributed by atoms with Crippen molar-refractivity contribution in [1.29, 1.82) is 0 Å². The van der Waals surface area contributed by atoms with Crippen LogP contribution in [0.3, 0.4) is 0 Å². The Labute approximate surface area is 101 Å². The van der Waals surface area contributed by atoms with Gasteiger partial charge in [-0.25, -0.2) is 4.68 Å². The number of aromatic amines is 1. The summed E-state index contributed by atoms with van der Waals surface area (Å²) in [5.41, 5.74) is 1.25. The fraction of sp³-hybridized carbons (Fsp3) is 0.182. The van der Waals surface area contributed by atoms with E-state index in [-0.39, 0.29) is 12.2 Å². The normalized spacial score (nSPS) is 10.6. The molecule has 0 aliphatic rings. The van der Waals surface area contributed by atoms with Crippen molar-refractivity contribution in [2.75, 3.05) is 6.61 Å². The summed E-state index contributed by atoms with van der Waals surface area (Å²) in [6.45, 7) is -0.0204. The highest BCUT2D eigenvalue weighted by molar-refractivity contribution is 9.10. The molecule has 1 aromatic carbocycles. The Bertz CT molecular complexity index is 528. The predicted octanol–water partition coefficient (Wildman–Crippen LogP) is 1.46. The van der Waals surface area contributed by atoms with Crippen LogP contribution < -0.4 is 5.56 Å². The lowest BCUT2D eigenvalue weighted by Gasteiger charge is -2.00. The van der Waals surface area contributed by atoms with Crippen LogP contribution in [0.4, 0.5) is 0 Å². The number of aliphatic hydroxyl groups excluding tert-OH is 1. The van der Waals surface area contributed by atoms with Crippen molar-refractivity contribution in [2.45, 2.75) is 6.42 Å². The quantitative estimate of drug-likeness (QED) is 0.896. The number of H-pyrrole nitrogens is 1. The van der Waals surface area contributed by atoms with Gasteiger partial charge in [0.1, 0.15) is 0 Å². The molecule has 0 radical (unpaired) electrons. The van der Waals surface area contributed by atoms with Crippen molar-refractivity contribution >= 4 is 15.9 Å². The van der Waals surface area contributed by atoms with Gasteiger partial charge in [-0.3, -0.25) is 9.89 Å². The van der Waals surface area contributed by atoms with Crippen LogP contribution in [0, 0.1) is 0 Å². The zero-order valence-corrected chi connectivity index (χ0v) is 10.1. The number of nitrogens with one attached hydrogen (secondary N) is 1. The second-order valence-electron chi connectivity index (χ2n) is 3.39. The van der Waals surface area contributed by atoms with Crippen LogP contribution in [-0.4, -0.2) is 21.5 Å². The number of nitrogens with zero attached hydrogens (tertiary/aromatic N) is 1. The molecule has 0 spiro atoms. The fourth-order valence-electron chi connectivity index (χ4n) is 1.49. The van der Waals surface area contributed by atoms with Gasteiger partial charge in [0.05, 0.1) is 5.69 Å². The number of aromatic nitrogens is 2. The molecular formula is C11H11BrN2O2. The minimum Gasteiger partial charge on any atom is -0.396 e. The second kappa shape index (κ2) is 4.67. The van der Waals surface area contributed by atoms with Crippen LogP contribution in [0.2, 0.25) is 0 Å². The van der Waals surface area contributed by atoms with E-state index in [9.17, 15) is 4.79 Å². The largest absolute Gasteiger partial charge is 0.396 e. The number of rotatable bonds is 3. The third kappa shape index (κ3) is 2.10. The first-order chi connectivity index (χ1) is 7.72. The molecule has 0 saturated heterocycles. The third-order valence-corrected chi connectivity index (χ3v) is 2.84. The minimum atomic E-state index is -0.114. The Morgan fingerprint density at radius 2 is 2.00 bits per heavy atom. The van der Waals surface area contributed by atoms with E-state index in [2.05, 4.69) is 21.0 Å². The minimum absolute atomic E-state index is 0.0204. The van der Waals surface area contributed by atoms with Crippen molar-refractivity contribution in [3.63, 3.8) is 0 Å². The van der Waals surface area contributed by atoms with Crippen molar-refractivity contribution in [2.24, 2.45) is 0 Å². The zero-order valence-electron chi connectivity index (χ0n) is 8.48. The summed E-state index contributed by atoms with van der Waals surface area (Å²) < 4.78 is 2.42. The van der Waals surface area contributed by atoms with Crippen molar-refractivity contribution in [3.8, 4) is 5.69 Å². The van der Waals surface area contributed by atoms with Gasteiger partial charge in [-0.15, -0.1) is 0 Å². The molecule has 0 aliphatic heterocycles. The average Bonchev–Trinajstić information content (AvgIpc) is 2.63. The Morgan fingerprint density at radius 1 is 1.31 bits per heavy atom. The topological polar surface area (TPSA) is 58.0 Å². The summed E-state index contributed by atoms with van der Waals surface area (Å²) in [7, 11) is 0. The van der Waals surface area contributed by atoms with E-state index < -0.39 is 0 Å². The first-order valence-electron chi connectivity index (χ1n) is 4.88. The summed E-state index contributed by atoms with van der Waals surface area (Å²) in [5.74, 6) is 0. The van der Waals surface area contributed by atoms with E-state index >= 15 is 0 Å². The standard InChI is InChI=1S/C11H11BrN2O2/c12-9-1-3-10(4-2-9)14-11(16)8(5-6-15)7-13-14/h1-4,7,13,15H,5-6H2. The van der Waals surface area contributed by atoms with Gasteiger partial charge in [-0.05, 0) is 24.3 Å². The van der Waals surface area contributed by atoms with Gasteiger partial charge in [0.2, 0.25) is 0 Å². The molecule has 2 N–H and O–H groups in total. The predicted molar refractivity (Wildman–Crippen MR) is 64.9 cm³/mol. The lowest BCUT2D eigenvalue weighted by atomic mass is 10.2. The highest BCUT2D eigenvalue weighted by atomic mass is 79.9. The van der Waals surface area contributed by atoms with Gasteiger partial charge in [-0.1, -0.05) is 15.9 Å². The second-order valence-corrected chi connectivity index (χ2v) is 4.30. The van der Waals surface area contributed by atoms with E-state index in [0.717, 1.165) is 10.2 Å². The van der Waals surface area contributed by atoms with Gasteiger partial charge in [0.15, 0.2) is 0 Å². The molecule has 0 bridgehead atoms. The number of halogens is 1. The van der Waals surface area contributed by atoms with Gasteiger partial charge in [0, 0.05) is 29.3 Å². The highest BCUT2D eigenvalue weighted by Crippen LogP contribution is 2.12. The number of hydrogen-bond acceptors (Lipinski definition) is 2. The Balaban J connectivity index is 2.41. The molecule has 5 heteroatoms. The van der Waals surface area contributed by atoms with Gasteiger partial charge in [-0.2, -0.15) is 0 Å². The molecular weight excluding hydrogens is 272 g/mol. The first-order valence-corrected chi connectivity index (χ1v) is 5.68. The zero-order chi connectivity index (χ0) is 11.5. The lowest BCUT2D eigenvalue weighted by molar-refractivity contribution is 0.299. The van der Waals surface area contributed by atoms with Crippen molar-refractivity contribution in [1.82, 2.24) is 9.78 Å². The summed E-state index contributed by atoms with van der Waals surface area (Å²) in [5, 5.41) is 11.7. The van der Waals surface area contributed by atoms with E-state index in [1.807, 2.05) is 24.3 Å². The Morgan fingerprint density at radius 3 is 2.62 bits per heavy atom. The number of aliphatic hydroxyl groups is 1. The van der Waals surface area contributed by atoms with Crippen LogP contribution in [0.1, 0.15) is 5.56 Å². The molecule has 2 aromatic rings. The molecule has 0 atom stereocenters. The third-order valence-electron chi connectivity index (χ3n) is 2.31. The van der Waals surface area contributed by atoms with E-state index in [0.29, 0.717) is 12.0 Å². The molecule has 16 heavy (non-hydrogen) atoms. The van der Waals surface area contributed by atoms with Crippen LogP contribution >= 0.6 is 15.9 Å². The molecule has 0 amide bonds. The van der Waals surface area contributed by atoms with Gasteiger partial charge >= 0.3 is 0 Å². The molecule has 0 saturated carbocycles. The van der Waals surface area contributed by atoms with Crippen molar-refractivity contribution in [3.05, 3.63) is 50.9 Å². The maximum absolute atomic E-state index is 11.9. The monoisotopic (exact) mass is 282 g/mol. The smallest absolute Gasteiger partial charge is 0.274 e. The SMILES string of the molecule is O=c1c(CCO)c[nH]n1-c1ccc(Br)cc1. The summed E-state index contributed by atoms with van der Waals surface area (Å²) in [4.78, 5) is 11.9. The molecule has 0 aliphatic carbocycles. The summed E-state index contributed by atoms with van der Waals surface area (Å²) in [6.07, 6.45) is 2.00. The maximum Gasteiger partial charge on any atom is 0.274 e. The number of hydrogen-bond donors (Lipinski definition) is 2. The molecule has 4 nitrogen and oxygen atoms in total. The summed E-state index contributed by atoms with van der Waals surface area (Å²) in [6, 6.07) is 7.41. The van der Waals surface area contributed by atoms with Gasteiger partial charge < -0.3 is 5.11 Å². The van der Waals surface area contributed by atoms with Crippen LogP contribution in [-0.2, 0) is 6.42 Å². The van der Waals surface area contributed by atoms with Crippen LogP contribution in [0.25, 0.3) is 5.69 Å². The molecule has 1 aromatic heterocycles. The molecule has 0 unspecified atom stereocenters. The molecule has 0 fully saturated rings. The van der Waals surface area contributed by atoms with E-state index in [1.165, 1.54) is 4.68 Å². The fourth-order valence-corrected chi connectivity index (χ4v) is 1.75. The summed E-state index contributed by atoms with van der Waals surface area (Å²) >= 11 is 3.34. The van der Waals surface area contributed by atoms with Crippen molar-refractivity contribution < 1.29 is 5.11 Å². The molecule has 2 rings (SSSR count). The van der Waals surface area contributed by atoms with Crippen LogP contribution in [0.5, 0.6) is 0 Å². The first kappa shape index (κ1) is 11.2. The number of benzene rings is 1. The van der Waals surface area contributed by atoms with Crippen LogP contribution in [0.15, 0.2) is 39.7 Å². The molecule has 1 heterocycles. The van der Waals surface area contributed by atoms with Gasteiger partial charge in [0.25, 0.3) is 5.56 Å². The van der Waals surface area contributed by atoms with E-state index in [1.54, 1.807) is 6.20 Å². The molecule has 84 valence electrons. The Hall–Kier alpha value is -1.33. The Kier molecular flexibility index (Phi) is 3.26. The van der Waals surface area contributed by atoms with E-state index in [4.69, 9.17) is 5.11 Å².